The number of amides is 1. The van der Waals surface area contributed by atoms with Gasteiger partial charge in [-0.25, -0.2) is 9.18 Å². The van der Waals surface area contributed by atoms with Crippen molar-refractivity contribution in [1.29, 1.82) is 0 Å². The zero-order chi connectivity index (χ0) is 20.0. The number of benzene rings is 1. The van der Waals surface area contributed by atoms with Crippen LogP contribution in [0, 0.1) is 5.82 Å². The molecule has 8 heteroatoms. The van der Waals surface area contributed by atoms with Crippen LogP contribution >= 0.6 is 0 Å². The lowest BCUT2D eigenvalue weighted by molar-refractivity contribution is -0.139. The molecular formula is C19H18F4N2O2. The minimum Gasteiger partial charge on any atom is -0.444 e. The molecule has 0 radical (unpaired) electrons. The molecule has 0 fully saturated rings. The van der Waals surface area contributed by atoms with Gasteiger partial charge in [-0.2, -0.15) is 13.2 Å². The molecule has 0 N–H and O–H groups in total. The van der Waals surface area contributed by atoms with Gasteiger partial charge in [-0.05, 0) is 43.5 Å². The summed E-state index contributed by atoms with van der Waals surface area (Å²) in [7, 11) is 0. The van der Waals surface area contributed by atoms with Gasteiger partial charge < -0.3 is 4.74 Å². The number of carbonyl (C=O) groups excluding carboxylic acids is 1. The SMILES string of the molecule is CC(C)(C)OC(=O)N1Cc2ccc(-c3cncc(F)c3C(F)(F)F)cc2C1. The van der Waals surface area contributed by atoms with Crippen LogP contribution in [0.3, 0.4) is 0 Å². The molecule has 0 spiro atoms. The Morgan fingerprint density at radius 1 is 1.11 bits per heavy atom. The predicted molar refractivity (Wildman–Crippen MR) is 90.1 cm³/mol. The second kappa shape index (κ2) is 6.51. The highest BCUT2D eigenvalue weighted by Crippen LogP contribution is 2.39. The molecule has 1 aromatic carbocycles. The van der Waals surface area contributed by atoms with Gasteiger partial charge in [0, 0.05) is 24.8 Å². The second-order valence-electron chi connectivity index (χ2n) is 7.36. The van der Waals surface area contributed by atoms with E-state index < -0.39 is 29.3 Å². The minimum absolute atomic E-state index is 0.194. The Bertz CT molecular complexity index is 888. The number of alkyl halides is 3. The second-order valence-corrected chi connectivity index (χ2v) is 7.36. The van der Waals surface area contributed by atoms with Crippen LogP contribution in [0.1, 0.15) is 37.5 Å². The molecule has 0 atom stereocenters. The zero-order valence-corrected chi connectivity index (χ0v) is 15.0. The summed E-state index contributed by atoms with van der Waals surface area (Å²) in [5, 5.41) is 0. The van der Waals surface area contributed by atoms with E-state index in [0.29, 0.717) is 18.3 Å². The summed E-state index contributed by atoms with van der Waals surface area (Å²) in [4.78, 5) is 17.2. The Kier molecular flexibility index (Phi) is 4.61. The van der Waals surface area contributed by atoms with Crippen LogP contribution in [0.5, 0.6) is 0 Å². The first kappa shape index (κ1) is 19.1. The largest absolute Gasteiger partial charge is 0.444 e. The lowest BCUT2D eigenvalue weighted by Gasteiger charge is -2.24. The summed E-state index contributed by atoms with van der Waals surface area (Å²) in [6.45, 7) is 5.77. The van der Waals surface area contributed by atoms with Gasteiger partial charge in [-0.3, -0.25) is 9.88 Å². The van der Waals surface area contributed by atoms with Crippen molar-refractivity contribution in [2.24, 2.45) is 0 Å². The van der Waals surface area contributed by atoms with Gasteiger partial charge >= 0.3 is 12.3 Å². The number of aromatic nitrogens is 1. The van der Waals surface area contributed by atoms with Crippen molar-refractivity contribution in [1.82, 2.24) is 9.88 Å². The number of rotatable bonds is 1. The molecule has 4 nitrogen and oxygen atoms in total. The number of hydrogen-bond acceptors (Lipinski definition) is 3. The summed E-state index contributed by atoms with van der Waals surface area (Å²) in [6, 6.07) is 4.65. The van der Waals surface area contributed by atoms with Crippen molar-refractivity contribution in [3.8, 4) is 11.1 Å². The Hall–Kier alpha value is -2.64. The van der Waals surface area contributed by atoms with E-state index in [4.69, 9.17) is 4.74 Å². The van der Waals surface area contributed by atoms with Crippen molar-refractivity contribution in [3.05, 3.63) is 53.1 Å². The predicted octanol–water partition coefficient (Wildman–Crippen LogP) is 5.16. The molecule has 0 bridgehead atoms. The van der Waals surface area contributed by atoms with Gasteiger partial charge in [0.25, 0.3) is 0 Å². The highest BCUT2D eigenvalue weighted by atomic mass is 19.4. The Balaban J connectivity index is 1.92. The molecule has 27 heavy (non-hydrogen) atoms. The van der Waals surface area contributed by atoms with E-state index in [1.165, 1.54) is 17.0 Å². The van der Waals surface area contributed by atoms with Crippen LogP contribution in [-0.2, 0) is 24.0 Å². The third kappa shape index (κ3) is 4.04. The van der Waals surface area contributed by atoms with Gasteiger partial charge in [0.2, 0.25) is 0 Å². The molecule has 0 saturated heterocycles. The van der Waals surface area contributed by atoms with Gasteiger partial charge in [0.05, 0.1) is 6.20 Å². The number of carbonyl (C=O) groups is 1. The maximum atomic E-state index is 13.8. The molecule has 1 aliphatic rings. The van der Waals surface area contributed by atoms with Gasteiger partial charge in [-0.1, -0.05) is 12.1 Å². The van der Waals surface area contributed by atoms with E-state index in [2.05, 4.69) is 4.98 Å². The fourth-order valence-corrected chi connectivity index (χ4v) is 2.96. The molecule has 1 amide bonds. The molecule has 1 aliphatic heterocycles. The van der Waals surface area contributed by atoms with Crippen LogP contribution in [0.2, 0.25) is 0 Å². The van der Waals surface area contributed by atoms with E-state index in [9.17, 15) is 22.4 Å². The number of pyridine rings is 1. The Labute approximate surface area is 153 Å². The van der Waals surface area contributed by atoms with Crippen molar-refractivity contribution < 1.29 is 27.1 Å². The summed E-state index contributed by atoms with van der Waals surface area (Å²) in [5.41, 5.74) is -0.635. The quantitative estimate of drug-likeness (QED) is 0.640. The minimum atomic E-state index is -4.84. The van der Waals surface area contributed by atoms with Crippen molar-refractivity contribution in [2.45, 2.75) is 45.6 Å². The summed E-state index contributed by atoms with van der Waals surface area (Å²) < 4.78 is 58.9. The lowest BCUT2D eigenvalue weighted by Crippen LogP contribution is -2.33. The fraction of sp³-hybridized carbons (Fsp3) is 0.368. The number of ether oxygens (including phenoxy) is 1. The summed E-state index contributed by atoms with van der Waals surface area (Å²) >= 11 is 0. The summed E-state index contributed by atoms with van der Waals surface area (Å²) in [5.74, 6) is -1.42. The topological polar surface area (TPSA) is 42.4 Å². The standard InChI is InChI=1S/C19H18F4N2O2/c1-18(2,3)27-17(26)25-9-12-5-4-11(6-13(12)10-25)14-7-24-8-15(20)16(14)19(21,22)23/h4-8H,9-10H2,1-3H3. The molecular weight excluding hydrogens is 364 g/mol. The van der Waals surface area contributed by atoms with E-state index in [1.54, 1.807) is 26.8 Å². The highest BCUT2D eigenvalue weighted by molar-refractivity contribution is 5.72. The maximum Gasteiger partial charge on any atom is 0.419 e. The number of fused-ring (bicyclic) bond motifs is 1. The van der Waals surface area contributed by atoms with E-state index in [-0.39, 0.29) is 17.7 Å². The van der Waals surface area contributed by atoms with E-state index in [0.717, 1.165) is 11.8 Å². The monoisotopic (exact) mass is 382 g/mol. The fourth-order valence-electron chi connectivity index (χ4n) is 2.96. The first-order chi connectivity index (χ1) is 12.5. The lowest BCUT2D eigenvalue weighted by atomic mass is 9.98. The first-order valence-corrected chi connectivity index (χ1v) is 8.26. The average Bonchev–Trinajstić information content (AvgIpc) is 2.95. The molecule has 0 aliphatic carbocycles. The van der Waals surface area contributed by atoms with Crippen LogP contribution in [0.25, 0.3) is 11.1 Å². The zero-order valence-electron chi connectivity index (χ0n) is 15.0. The molecule has 0 unspecified atom stereocenters. The van der Waals surface area contributed by atoms with Crippen molar-refractivity contribution in [3.63, 3.8) is 0 Å². The van der Waals surface area contributed by atoms with Gasteiger partial charge in [0.15, 0.2) is 5.82 Å². The van der Waals surface area contributed by atoms with Gasteiger partial charge in [-0.15, -0.1) is 0 Å². The molecule has 0 saturated carbocycles. The number of hydrogen-bond donors (Lipinski definition) is 0. The van der Waals surface area contributed by atoms with Crippen LogP contribution < -0.4 is 0 Å². The highest BCUT2D eigenvalue weighted by Gasteiger charge is 2.38. The first-order valence-electron chi connectivity index (χ1n) is 8.26. The Morgan fingerprint density at radius 3 is 2.41 bits per heavy atom. The normalized spacial score (nSPS) is 14.3. The van der Waals surface area contributed by atoms with Crippen molar-refractivity contribution >= 4 is 6.09 Å². The van der Waals surface area contributed by atoms with E-state index >= 15 is 0 Å². The van der Waals surface area contributed by atoms with E-state index in [1.807, 2.05) is 0 Å². The van der Waals surface area contributed by atoms with Crippen LogP contribution in [-0.4, -0.2) is 21.6 Å². The third-order valence-corrected chi connectivity index (χ3v) is 4.07. The molecule has 2 heterocycles. The molecule has 144 valence electrons. The van der Waals surface area contributed by atoms with Crippen molar-refractivity contribution in [2.75, 3.05) is 0 Å². The summed E-state index contributed by atoms with van der Waals surface area (Å²) in [6.07, 6.45) is -3.80. The average molecular weight is 382 g/mol. The molecule has 2 aromatic rings. The third-order valence-electron chi connectivity index (χ3n) is 4.07. The maximum absolute atomic E-state index is 13.8. The molecule has 3 rings (SSSR count). The van der Waals surface area contributed by atoms with Crippen LogP contribution in [0.15, 0.2) is 30.6 Å². The number of halogens is 4. The number of nitrogens with zero attached hydrogens (tertiary/aromatic N) is 2. The molecule has 1 aromatic heterocycles. The Morgan fingerprint density at radius 2 is 1.78 bits per heavy atom. The smallest absolute Gasteiger partial charge is 0.419 e. The van der Waals surface area contributed by atoms with Gasteiger partial charge in [0.1, 0.15) is 11.2 Å². The van der Waals surface area contributed by atoms with Crippen LogP contribution in [0.4, 0.5) is 22.4 Å².